The molecular formula is C7H12O3S. The van der Waals surface area contributed by atoms with Gasteiger partial charge in [-0.3, -0.25) is 4.79 Å². The molecule has 11 heavy (non-hydrogen) atoms. The highest BCUT2D eigenvalue weighted by molar-refractivity contribution is 7.80. The van der Waals surface area contributed by atoms with Crippen LogP contribution in [0.5, 0.6) is 0 Å². The Bertz CT molecular complexity index is 129. The lowest BCUT2D eigenvalue weighted by Gasteiger charge is -1.95. The lowest BCUT2D eigenvalue weighted by molar-refractivity contribution is -0.137. The molecule has 3 nitrogen and oxygen atoms in total. The smallest absolute Gasteiger partial charge is 0.303 e. The standard InChI is InChI=1S/C7H12O3S/c8-6(9)4-2-1-3-5-7(10)11/h1-5H2,(H,8,9)(H,10,11). The van der Waals surface area contributed by atoms with Gasteiger partial charge in [-0.25, -0.2) is 0 Å². The SMILES string of the molecule is O=C(O)CCCCCC(O)=S. The molecule has 0 aromatic heterocycles. The zero-order valence-electron chi connectivity index (χ0n) is 6.25. The highest BCUT2D eigenvalue weighted by Crippen LogP contribution is 2.03. The Morgan fingerprint density at radius 1 is 1.09 bits per heavy atom. The summed E-state index contributed by atoms with van der Waals surface area (Å²) in [6, 6.07) is 0. The molecule has 0 aliphatic heterocycles. The Balaban J connectivity index is 3.03. The third kappa shape index (κ3) is 9.36. The molecule has 0 aliphatic carbocycles. The van der Waals surface area contributed by atoms with Crippen molar-refractivity contribution in [3.8, 4) is 0 Å². The molecule has 4 heteroatoms. The van der Waals surface area contributed by atoms with Gasteiger partial charge in [-0.15, -0.1) is 0 Å². The van der Waals surface area contributed by atoms with E-state index >= 15 is 0 Å². The molecule has 0 aromatic carbocycles. The van der Waals surface area contributed by atoms with Gasteiger partial charge in [-0.05, 0) is 25.1 Å². The largest absolute Gasteiger partial charge is 0.502 e. The third-order valence-electron chi connectivity index (χ3n) is 1.28. The van der Waals surface area contributed by atoms with Crippen molar-refractivity contribution in [2.24, 2.45) is 0 Å². The molecule has 2 N–H and O–H groups in total. The Morgan fingerprint density at radius 2 is 1.64 bits per heavy atom. The van der Waals surface area contributed by atoms with Crippen LogP contribution in [0.3, 0.4) is 0 Å². The number of aliphatic hydroxyl groups is 1. The fraction of sp³-hybridized carbons (Fsp3) is 0.714. The van der Waals surface area contributed by atoms with E-state index in [1.165, 1.54) is 0 Å². The number of hydrogen-bond acceptors (Lipinski definition) is 2. The van der Waals surface area contributed by atoms with E-state index in [9.17, 15) is 4.79 Å². The number of aliphatic carboxylic acids is 1. The third-order valence-corrected chi connectivity index (χ3v) is 1.49. The minimum absolute atomic E-state index is 0.0142. The average molecular weight is 176 g/mol. The van der Waals surface area contributed by atoms with Crippen molar-refractivity contribution in [1.29, 1.82) is 0 Å². The first-order chi connectivity index (χ1) is 5.13. The van der Waals surface area contributed by atoms with Gasteiger partial charge >= 0.3 is 5.97 Å². The summed E-state index contributed by atoms with van der Waals surface area (Å²) >= 11 is 4.44. The molecule has 0 amide bonds. The summed E-state index contributed by atoms with van der Waals surface area (Å²) in [5.41, 5.74) is 0. The van der Waals surface area contributed by atoms with Crippen molar-refractivity contribution in [3.05, 3.63) is 0 Å². The predicted molar refractivity (Wildman–Crippen MR) is 45.9 cm³/mol. The molecule has 0 saturated carbocycles. The fourth-order valence-corrected chi connectivity index (χ4v) is 0.874. The normalized spacial score (nSPS) is 9.45. The quantitative estimate of drug-likeness (QED) is 0.479. The number of unbranched alkanes of at least 4 members (excludes halogenated alkanes) is 2. The summed E-state index contributed by atoms with van der Waals surface area (Å²) in [5, 5.41) is 16.8. The van der Waals surface area contributed by atoms with Gasteiger partial charge in [0.25, 0.3) is 0 Å². The van der Waals surface area contributed by atoms with Gasteiger partial charge in [0.05, 0.1) is 0 Å². The van der Waals surface area contributed by atoms with Crippen molar-refractivity contribution in [2.45, 2.75) is 32.1 Å². The van der Waals surface area contributed by atoms with Crippen LogP contribution in [0.1, 0.15) is 32.1 Å². The first kappa shape index (κ1) is 10.4. The lowest BCUT2D eigenvalue weighted by Crippen LogP contribution is -1.95. The summed E-state index contributed by atoms with van der Waals surface area (Å²) in [5.74, 6) is -0.767. The molecule has 0 spiro atoms. The number of carbonyl (C=O) groups is 1. The van der Waals surface area contributed by atoms with E-state index < -0.39 is 5.97 Å². The topological polar surface area (TPSA) is 57.5 Å². The van der Waals surface area contributed by atoms with Crippen LogP contribution in [-0.2, 0) is 4.79 Å². The summed E-state index contributed by atoms with van der Waals surface area (Å²) < 4.78 is 0. The van der Waals surface area contributed by atoms with Crippen molar-refractivity contribution >= 4 is 23.2 Å². The van der Waals surface area contributed by atoms with E-state index in [-0.39, 0.29) is 11.5 Å². The minimum Gasteiger partial charge on any atom is -0.502 e. The van der Waals surface area contributed by atoms with Gasteiger partial charge in [0.1, 0.15) is 0 Å². The summed E-state index contributed by atoms with van der Waals surface area (Å²) in [4.78, 5) is 10.0. The average Bonchev–Trinajstić information content (AvgIpc) is 1.85. The Labute approximate surface area is 71.0 Å². The van der Waals surface area contributed by atoms with Crippen LogP contribution >= 0.6 is 12.2 Å². The number of rotatable bonds is 6. The Morgan fingerprint density at radius 3 is 2.09 bits per heavy atom. The summed E-state index contributed by atoms with van der Waals surface area (Å²) in [7, 11) is 0. The maximum Gasteiger partial charge on any atom is 0.303 e. The van der Waals surface area contributed by atoms with Crippen LogP contribution in [-0.4, -0.2) is 21.2 Å². The van der Waals surface area contributed by atoms with Crippen molar-refractivity contribution in [1.82, 2.24) is 0 Å². The second-order valence-electron chi connectivity index (χ2n) is 2.35. The molecule has 0 rings (SSSR count). The van der Waals surface area contributed by atoms with Crippen molar-refractivity contribution < 1.29 is 15.0 Å². The first-order valence-corrected chi connectivity index (χ1v) is 3.97. The van der Waals surface area contributed by atoms with Crippen molar-refractivity contribution in [2.75, 3.05) is 0 Å². The molecule has 0 heterocycles. The molecule has 0 radical (unpaired) electrons. The van der Waals surface area contributed by atoms with Crippen LogP contribution in [0, 0.1) is 0 Å². The second-order valence-corrected chi connectivity index (χ2v) is 2.82. The fourth-order valence-electron chi connectivity index (χ4n) is 0.729. The van der Waals surface area contributed by atoms with Crippen LogP contribution in [0.2, 0.25) is 0 Å². The molecular weight excluding hydrogens is 164 g/mol. The van der Waals surface area contributed by atoms with Crippen LogP contribution in [0.4, 0.5) is 0 Å². The first-order valence-electron chi connectivity index (χ1n) is 3.56. The molecule has 0 atom stereocenters. The number of aliphatic hydroxyl groups excluding tert-OH is 1. The van der Waals surface area contributed by atoms with Crippen LogP contribution < -0.4 is 0 Å². The van der Waals surface area contributed by atoms with Crippen LogP contribution in [0.25, 0.3) is 0 Å². The monoisotopic (exact) mass is 176 g/mol. The molecule has 0 saturated heterocycles. The Hall–Kier alpha value is -0.640. The number of hydrogen-bond donors (Lipinski definition) is 2. The Kier molecular flexibility index (Phi) is 5.74. The van der Waals surface area contributed by atoms with Crippen molar-refractivity contribution in [3.63, 3.8) is 0 Å². The molecule has 0 fully saturated rings. The van der Waals surface area contributed by atoms with E-state index in [0.717, 1.165) is 12.8 Å². The highest BCUT2D eigenvalue weighted by atomic mass is 32.1. The summed E-state index contributed by atoms with van der Waals surface area (Å²) in [6.07, 6.45) is 2.97. The number of thiocarbonyl (C=S) groups is 1. The van der Waals surface area contributed by atoms with E-state index in [1.54, 1.807) is 0 Å². The molecule has 64 valence electrons. The summed E-state index contributed by atoms with van der Waals surface area (Å²) in [6.45, 7) is 0. The van der Waals surface area contributed by atoms with E-state index in [0.29, 0.717) is 12.8 Å². The van der Waals surface area contributed by atoms with E-state index in [2.05, 4.69) is 12.2 Å². The van der Waals surface area contributed by atoms with Gasteiger partial charge < -0.3 is 10.2 Å². The lowest BCUT2D eigenvalue weighted by atomic mass is 10.1. The number of carboxylic acids is 1. The molecule has 0 unspecified atom stereocenters. The zero-order chi connectivity index (χ0) is 8.69. The number of carboxylic acid groups (broad SMARTS) is 1. The van der Waals surface area contributed by atoms with Gasteiger partial charge in [0, 0.05) is 12.8 Å². The van der Waals surface area contributed by atoms with E-state index in [4.69, 9.17) is 10.2 Å². The van der Waals surface area contributed by atoms with Gasteiger partial charge in [0.2, 0.25) is 0 Å². The molecule has 0 aliphatic rings. The second kappa shape index (κ2) is 6.09. The predicted octanol–water partition coefficient (Wildman–Crippen LogP) is 1.91. The maximum atomic E-state index is 10.0. The molecule has 0 aromatic rings. The highest BCUT2D eigenvalue weighted by Gasteiger charge is 1.96. The van der Waals surface area contributed by atoms with Gasteiger partial charge in [-0.2, -0.15) is 0 Å². The van der Waals surface area contributed by atoms with Crippen LogP contribution in [0.15, 0.2) is 0 Å². The van der Waals surface area contributed by atoms with Gasteiger partial charge in [-0.1, -0.05) is 6.42 Å². The minimum atomic E-state index is -0.767. The van der Waals surface area contributed by atoms with Gasteiger partial charge in [0.15, 0.2) is 5.05 Å². The molecule has 0 bridgehead atoms. The maximum absolute atomic E-state index is 10.0. The van der Waals surface area contributed by atoms with E-state index in [1.807, 2.05) is 0 Å². The zero-order valence-corrected chi connectivity index (χ0v) is 7.06.